The summed E-state index contributed by atoms with van der Waals surface area (Å²) in [4.78, 5) is 19.1. The predicted octanol–water partition coefficient (Wildman–Crippen LogP) is 1.38. The predicted molar refractivity (Wildman–Crippen MR) is 87.3 cm³/mol. The zero-order valence-electron chi connectivity index (χ0n) is 13.3. The van der Waals surface area contributed by atoms with Crippen molar-refractivity contribution in [2.24, 2.45) is 0 Å². The molecule has 3 rings (SSSR count). The van der Waals surface area contributed by atoms with Gasteiger partial charge in [0.2, 0.25) is 0 Å². The maximum Gasteiger partial charge on any atom is 0.320 e. The molecule has 2 atom stereocenters. The highest BCUT2D eigenvalue weighted by atomic mass is 32.2. The van der Waals surface area contributed by atoms with Gasteiger partial charge in [-0.05, 0) is 37.7 Å². The van der Waals surface area contributed by atoms with E-state index < -0.39 is 10.8 Å². The van der Waals surface area contributed by atoms with Gasteiger partial charge in [0, 0.05) is 44.2 Å². The molecule has 0 aromatic heterocycles. The number of likely N-dealkylation sites (N-methyl/N-ethyl adjacent to an activating group) is 1. The largest absolute Gasteiger partial charge is 0.323 e. The molecule has 126 valence electrons. The van der Waals surface area contributed by atoms with Gasteiger partial charge < -0.3 is 14.7 Å². The molecule has 1 aromatic rings. The number of hydrogen-bond acceptors (Lipinski definition) is 3. The highest BCUT2D eigenvalue weighted by molar-refractivity contribution is 7.85. The smallest absolute Gasteiger partial charge is 0.320 e. The summed E-state index contributed by atoms with van der Waals surface area (Å²) in [7, 11) is 0.853. The van der Waals surface area contributed by atoms with Crippen LogP contribution in [0.1, 0.15) is 6.42 Å². The fourth-order valence-electron chi connectivity index (χ4n) is 3.04. The van der Waals surface area contributed by atoms with Crippen molar-refractivity contribution in [3.63, 3.8) is 0 Å². The first-order valence-electron chi connectivity index (χ1n) is 7.93. The highest BCUT2D eigenvalue weighted by Gasteiger charge is 2.33. The lowest BCUT2D eigenvalue weighted by Crippen LogP contribution is -2.51. The van der Waals surface area contributed by atoms with Crippen molar-refractivity contribution >= 4 is 16.8 Å². The number of urea groups is 1. The lowest BCUT2D eigenvalue weighted by Gasteiger charge is -2.34. The van der Waals surface area contributed by atoms with Gasteiger partial charge in [-0.15, -0.1) is 0 Å². The number of hydrogen-bond donors (Lipinski definition) is 0. The summed E-state index contributed by atoms with van der Waals surface area (Å²) in [6.45, 7) is 4.43. The number of piperazine rings is 1. The molecule has 2 saturated heterocycles. The van der Waals surface area contributed by atoms with E-state index in [9.17, 15) is 13.4 Å². The van der Waals surface area contributed by atoms with E-state index in [1.165, 1.54) is 12.1 Å². The molecule has 2 fully saturated rings. The average Bonchev–Trinajstić information content (AvgIpc) is 3.05. The zero-order chi connectivity index (χ0) is 16.4. The van der Waals surface area contributed by atoms with Crippen LogP contribution in [0.3, 0.4) is 0 Å². The molecule has 2 unspecified atom stereocenters. The minimum atomic E-state index is -1.20. The Morgan fingerprint density at radius 1 is 1.09 bits per heavy atom. The lowest BCUT2D eigenvalue weighted by atomic mass is 10.3. The Kier molecular flexibility index (Phi) is 4.96. The van der Waals surface area contributed by atoms with Crippen molar-refractivity contribution < 1.29 is 13.4 Å². The first-order valence-corrected chi connectivity index (χ1v) is 9.14. The van der Waals surface area contributed by atoms with E-state index >= 15 is 0 Å². The molecule has 2 amide bonds. The lowest BCUT2D eigenvalue weighted by molar-refractivity contribution is 0.129. The summed E-state index contributed by atoms with van der Waals surface area (Å²) < 4.78 is 25.5. The van der Waals surface area contributed by atoms with Gasteiger partial charge in [0.1, 0.15) is 5.82 Å². The Hall–Kier alpha value is -1.47. The zero-order valence-corrected chi connectivity index (χ0v) is 14.1. The summed E-state index contributed by atoms with van der Waals surface area (Å²) in [6, 6.07) is 5.84. The molecule has 7 heteroatoms. The molecular weight excluding hydrogens is 317 g/mol. The van der Waals surface area contributed by atoms with E-state index in [1.807, 2.05) is 4.90 Å². The maximum atomic E-state index is 13.0. The monoisotopic (exact) mass is 339 g/mol. The second kappa shape index (κ2) is 6.97. The summed E-state index contributed by atoms with van der Waals surface area (Å²) in [6.07, 6.45) is 0.726. The fourth-order valence-corrected chi connectivity index (χ4v) is 4.46. The van der Waals surface area contributed by atoms with Gasteiger partial charge in [0.25, 0.3) is 0 Å². The van der Waals surface area contributed by atoms with Crippen LogP contribution in [0.2, 0.25) is 0 Å². The number of carbonyl (C=O) groups excluding carboxylic acids is 1. The molecule has 2 aliphatic heterocycles. The molecule has 1 aromatic carbocycles. The van der Waals surface area contributed by atoms with E-state index in [0.717, 1.165) is 32.6 Å². The SMILES string of the molecule is CN1CCN(C(=O)N2CCC(S(=O)c3ccc(F)cc3)C2)CC1. The Labute approximate surface area is 138 Å². The number of likely N-dealkylation sites (tertiary alicyclic amines) is 1. The van der Waals surface area contributed by atoms with Crippen molar-refractivity contribution in [3.8, 4) is 0 Å². The van der Waals surface area contributed by atoms with Crippen LogP contribution in [0.15, 0.2) is 29.2 Å². The van der Waals surface area contributed by atoms with Gasteiger partial charge in [-0.3, -0.25) is 4.21 Å². The number of halogens is 1. The van der Waals surface area contributed by atoms with Crippen molar-refractivity contribution in [1.29, 1.82) is 0 Å². The molecule has 0 aliphatic carbocycles. The number of carbonyl (C=O) groups is 1. The van der Waals surface area contributed by atoms with Crippen LogP contribution in [0, 0.1) is 5.82 Å². The van der Waals surface area contributed by atoms with E-state index in [2.05, 4.69) is 11.9 Å². The van der Waals surface area contributed by atoms with Gasteiger partial charge in [-0.1, -0.05) is 0 Å². The van der Waals surface area contributed by atoms with E-state index in [1.54, 1.807) is 17.0 Å². The fraction of sp³-hybridized carbons (Fsp3) is 0.562. The summed E-state index contributed by atoms with van der Waals surface area (Å²) in [5.74, 6) is -0.330. The van der Waals surface area contributed by atoms with Crippen LogP contribution in [0.5, 0.6) is 0 Å². The van der Waals surface area contributed by atoms with Crippen molar-refractivity contribution in [2.75, 3.05) is 46.3 Å². The minimum Gasteiger partial charge on any atom is -0.323 e. The van der Waals surface area contributed by atoms with Gasteiger partial charge in [-0.2, -0.15) is 0 Å². The number of rotatable bonds is 2. The van der Waals surface area contributed by atoms with Gasteiger partial charge in [0.05, 0.1) is 16.0 Å². The Morgan fingerprint density at radius 3 is 2.39 bits per heavy atom. The number of nitrogens with zero attached hydrogens (tertiary/aromatic N) is 3. The average molecular weight is 339 g/mol. The van der Waals surface area contributed by atoms with Gasteiger partial charge >= 0.3 is 6.03 Å². The van der Waals surface area contributed by atoms with Crippen LogP contribution in [-0.2, 0) is 10.8 Å². The van der Waals surface area contributed by atoms with E-state index in [-0.39, 0.29) is 17.1 Å². The number of benzene rings is 1. The maximum absolute atomic E-state index is 13.0. The topological polar surface area (TPSA) is 43.9 Å². The Bertz CT molecular complexity index is 587. The molecule has 0 spiro atoms. The molecule has 0 radical (unpaired) electrons. The third-order valence-corrected chi connectivity index (χ3v) is 6.27. The van der Waals surface area contributed by atoms with Gasteiger partial charge in [0.15, 0.2) is 0 Å². The van der Waals surface area contributed by atoms with Crippen LogP contribution >= 0.6 is 0 Å². The van der Waals surface area contributed by atoms with Crippen molar-refractivity contribution in [1.82, 2.24) is 14.7 Å². The summed E-state index contributed by atoms with van der Waals surface area (Å²) in [5, 5.41) is -0.0723. The van der Waals surface area contributed by atoms with Gasteiger partial charge in [-0.25, -0.2) is 9.18 Å². The molecule has 0 N–H and O–H groups in total. The normalized spacial score (nSPS) is 24.0. The first kappa shape index (κ1) is 16.4. The van der Waals surface area contributed by atoms with Crippen LogP contribution in [-0.4, -0.2) is 76.5 Å². The Balaban J connectivity index is 1.58. The molecule has 5 nitrogen and oxygen atoms in total. The third kappa shape index (κ3) is 3.72. The molecule has 0 saturated carbocycles. The van der Waals surface area contributed by atoms with Crippen LogP contribution < -0.4 is 0 Å². The van der Waals surface area contributed by atoms with Crippen LogP contribution in [0.4, 0.5) is 9.18 Å². The molecule has 23 heavy (non-hydrogen) atoms. The third-order valence-electron chi connectivity index (χ3n) is 4.54. The highest BCUT2D eigenvalue weighted by Crippen LogP contribution is 2.22. The first-order chi connectivity index (χ1) is 11.0. The molecule has 2 aliphatic rings. The standard InChI is InChI=1S/C16H22FN3O2S/c1-18-8-10-19(11-9-18)16(21)20-7-6-15(12-20)23(22)14-4-2-13(17)3-5-14/h2-5,15H,6-12H2,1H3. The van der Waals surface area contributed by atoms with Crippen molar-refractivity contribution in [3.05, 3.63) is 30.1 Å². The second-order valence-electron chi connectivity index (χ2n) is 6.18. The van der Waals surface area contributed by atoms with E-state index in [0.29, 0.717) is 18.0 Å². The van der Waals surface area contributed by atoms with Crippen LogP contribution in [0.25, 0.3) is 0 Å². The summed E-state index contributed by atoms with van der Waals surface area (Å²) >= 11 is 0. The molecular formula is C16H22FN3O2S. The van der Waals surface area contributed by atoms with E-state index in [4.69, 9.17) is 0 Å². The minimum absolute atomic E-state index is 0.0525. The number of amides is 2. The van der Waals surface area contributed by atoms with Crippen molar-refractivity contribution in [2.45, 2.75) is 16.6 Å². The quantitative estimate of drug-likeness (QED) is 0.818. The second-order valence-corrected chi connectivity index (χ2v) is 7.91. The molecule has 2 heterocycles. The summed E-state index contributed by atoms with van der Waals surface area (Å²) in [5.41, 5.74) is 0. The molecule has 0 bridgehead atoms. The Morgan fingerprint density at radius 2 is 1.74 bits per heavy atom.